The van der Waals surface area contributed by atoms with Gasteiger partial charge in [0.05, 0.1) is 12.1 Å². The van der Waals surface area contributed by atoms with Crippen molar-refractivity contribution in [1.82, 2.24) is 14.8 Å². The van der Waals surface area contributed by atoms with Crippen LogP contribution in [0.25, 0.3) is 11.4 Å². The van der Waals surface area contributed by atoms with E-state index < -0.39 is 0 Å². The fourth-order valence-electron chi connectivity index (χ4n) is 3.53. The molecule has 0 atom stereocenters. The molecule has 1 aliphatic heterocycles. The number of benzene rings is 2. The largest absolute Gasteiger partial charge is 0.325 e. The number of fused-ring (bicyclic) bond motifs is 1. The number of halogens is 2. The SMILES string of the molecule is O=C(Cc1c(Cl)cccc1Cl)Nc1ccccc1-c1nnc2n1CCCCC2. The molecule has 0 saturated carbocycles. The predicted octanol–water partition coefficient (Wildman–Crippen LogP) is 5.16. The Bertz CT molecular complexity index is 995. The fraction of sp³-hybridized carbons (Fsp3) is 0.286. The van der Waals surface area contributed by atoms with Gasteiger partial charge >= 0.3 is 0 Å². The number of nitrogens with one attached hydrogen (secondary N) is 1. The minimum atomic E-state index is -0.182. The Kier molecular flexibility index (Phi) is 5.64. The average molecular weight is 415 g/mol. The minimum Gasteiger partial charge on any atom is -0.325 e. The van der Waals surface area contributed by atoms with Crippen LogP contribution < -0.4 is 5.32 Å². The fourth-order valence-corrected chi connectivity index (χ4v) is 4.06. The van der Waals surface area contributed by atoms with Crippen molar-refractivity contribution in [1.29, 1.82) is 0 Å². The molecule has 28 heavy (non-hydrogen) atoms. The lowest BCUT2D eigenvalue weighted by Gasteiger charge is -2.13. The highest BCUT2D eigenvalue weighted by Crippen LogP contribution is 2.30. The van der Waals surface area contributed by atoms with Crippen molar-refractivity contribution in [3.05, 3.63) is 63.9 Å². The molecular formula is C21H20Cl2N4O. The molecule has 1 amide bonds. The maximum Gasteiger partial charge on any atom is 0.228 e. The van der Waals surface area contributed by atoms with Gasteiger partial charge in [-0.05, 0) is 42.7 Å². The van der Waals surface area contributed by atoms with Crippen LogP contribution in [0, 0.1) is 0 Å². The van der Waals surface area contributed by atoms with Gasteiger partial charge in [0.15, 0.2) is 5.82 Å². The zero-order valence-electron chi connectivity index (χ0n) is 15.3. The second-order valence-electron chi connectivity index (χ2n) is 6.87. The zero-order valence-corrected chi connectivity index (χ0v) is 16.8. The van der Waals surface area contributed by atoms with Crippen molar-refractivity contribution < 1.29 is 4.79 Å². The number of amides is 1. The molecule has 1 aromatic heterocycles. The first-order chi connectivity index (χ1) is 13.6. The van der Waals surface area contributed by atoms with E-state index in [1.807, 2.05) is 24.3 Å². The monoisotopic (exact) mass is 414 g/mol. The van der Waals surface area contributed by atoms with Gasteiger partial charge in [-0.25, -0.2) is 0 Å². The first-order valence-corrected chi connectivity index (χ1v) is 10.1. The highest BCUT2D eigenvalue weighted by Gasteiger charge is 2.19. The number of hydrogen-bond donors (Lipinski definition) is 1. The van der Waals surface area contributed by atoms with Crippen LogP contribution in [0.3, 0.4) is 0 Å². The van der Waals surface area contributed by atoms with Crippen molar-refractivity contribution in [2.75, 3.05) is 5.32 Å². The van der Waals surface area contributed by atoms with Crippen molar-refractivity contribution in [2.45, 2.75) is 38.6 Å². The molecule has 2 heterocycles. The molecule has 0 saturated heterocycles. The Morgan fingerprint density at radius 2 is 1.79 bits per heavy atom. The van der Waals surface area contributed by atoms with Gasteiger partial charge in [-0.1, -0.05) is 47.8 Å². The van der Waals surface area contributed by atoms with Gasteiger partial charge in [0.25, 0.3) is 0 Å². The van der Waals surface area contributed by atoms with Crippen LogP contribution in [-0.4, -0.2) is 20.7 Å². The highest BCUT2D eigenvalue weighted by atomic mass is 35.5. The number of carbonyl (C=O) groups excluding carboxylic acids is 1. The molecule has 0 fully saturated rings. The summed E-state index contributed by atoms with van der Waals surface area (Å²) in [4.78, 5) is 12.7. The molecule has 1 aliphatic rings. The molecule has 5 nitrogen and oxygen atoms in total. The zero-order chi connectivity index (χ0) is 19.5. The highest BCUT2D eigenvalue weighted by molar-refractivity contribution is 6.36. The van der Waals surface area contributed by atoms with Crippen molar-refractivity contribution in [2.24, 2.45) is 0 Å². The Morgan fingerprint density at radius 1 is 1.00 bits per heavy atom. The van der Waals surface area contributed by atoms with E-state index in [4.69, 9.17) is 23.2 Å². The van der Waals surface area contributed by atoms with E-state index in [1.165, 1.54) is 6.42 Å². The van der Waals surface area contributed by atoms with Crippen LogP contribution in [-0.2, 0) is 24.2 Å². The maximum atomic E-state index is 12.7. The predicted molar refractivity (Wildman–Crippen MR) is 112 cm³/mol. The number of nitrogens with zero attached hydrogens (tertiary/aromatic N) is 3. The number of hydrogen-bond acceptors (Lipinski definition) is 3. The van der Waals surface area contributed by atoms with Crippen LogP contribution in [0.2, 0.25) is 10.0 Å². The van der Waals surface area contributed by atoms with Crippen LogP contribution in [0.15, 0.2) is 42.5 Å². The third-order valence-corrected chi connectivity index (χ3v) is 5.66. The normalized spacial score (nSPS) is 13.6. The molecule has 144 valence electrons. The van der Waals surface area contributed by atoms with Gasteiger partial charge in [0.2, 0.25) is 5.91 Å². The number of aryl methyl sites for hydroxylation is 1. The summed E-state index contributed by atoms with van der Waals surface area (Å²) in [5.74, 6) is 1.62. The summed E-state index contributed by atoms with van der Waals surface area (Å²) >= 11 is 12.4. The van der Waals surface area contributed by atoms with Crippen LogP contribution in [0.5, 0.6) is 0 Å². The second kappa shape index (κ2) is 8.33. The summed E-state index contributed by atoms with van der Waals surface area (Å²) in [7, 11) is 0. The Labute approximate surface area is 173 Å². The maximum absolute atomic E-state index is 12.7. The Morgan fingerprint density at radius 3 is 2.61 bits per heavy atom. The molecule has 7 heteroatoms. The summed E-state index contributed by atoms with van der Waals surface area (Å²) < 4.78 is 2.17. The smallest absolute Gasteiger partial charge is 0.228 e. The van der Waals surface area contributed by atoms with Gasteiger partial charge in [-0.2, -0.15) is 0 Å². The van der Waals surface area contributed by atoms with E-state index in [-0.39, 0.29) is 12.3 Å². The Balaban J connectivity index is 1.61. The molecule has 0 radical (unpaired) electrons. The third-order valence-electron chi connectivity index (χ3n) is 4.95. The molecule has 1 N–H and O–H groups in total. The molecule has 2 aromatic carbocycles. The van der Waals surface area contributed by atoms with E-state index in [0.717, 1.165) is 43.0 Å². The number of carbonyl (C=O) groups is 1. The molecule has 4 rings (SSSR count). The topological polar surface area (TPSA) is 59.8 Å². The van der Waals surface area contributed by atoms with E-state index in [0.29, 0.717) is 21.3 Å². The average Bonchev–Trinajstić information content (AvgIpc) is 2.93. The first kappa shape index (κ1) is 19.0. The minimum absolute atomic E-state index is 0.102. The quantitative estimate of drug-likeness (QED) is 0.641. The van der Waals surface area contributed by atoms with E-state index in [1.54, 1.807) is 18.2 Å². The summed E-state index contributed by atoms with van der Waals surface area (Å²) in [6.45, 7) is 0.898. The number of anilines is 1. The van der Waals surface area contributed by atoms with Gasteiger partial charge in [0, 0.05) is 28.6 Å². The summed E-state index contributed by atoms with van der Waals surface area (Å²) in [6.07, 6.45) is 4.48. The Hall–Kier alpha value is -2.37. The molecule has 0 aliphatic carbocycles. The standard InChI is InChI=1S/C21H20Cl2N4O/c22-16-8-6-9-17(23)15(16)13-20(28)24-18-10-4-3-7-14(18)21-26-25-19-11-2-1-5-12-27(19)21/h3-4,6-10H,1-2,5,11-13H2,(H,24,28). The summed E-state index contributed by atoms with van der Waals surface area (Å²) in [6, 6.07) is 12.9. The third kappa shape index (κ3) is 3.91. The summed E-state index contributed by atoms with van der Waals surface area (Å²) in [5, 5.41) is 12.7. The van der Waals surface area contributed by atoms with Crippen molar-refractivity contribution in [3.63, 3.8) is 0 Å². The van der Waals surface area contributed by atoms with Crippen molar-refractivity contribution >= 4 is 34.8 Å². The van der Waals surface area contributed by atoms with Crippen LogP contribution >= 0.6 is 23.2 Å². The molecular weight excluding hydrogens is 395 g/mol. The molecule has 0 spiro atoms. The van der Waals surface area contributed by atoms with E-state index in [2.05, 4.69) is 20.1 Å². The van der Waals surface area contributed by atoms with Gasteiger partial charge in [-0.3, -0.25) is 4.79 Å². The van der Waals surface area contributed by atoms with Crippen molar-refractivity contribution in [3.8, 4) is 11.4 Å². The van der Waals surface area contributed by atoms with Crippen LogP contribution in [0.4, 0.5) is 5.69 Å². The number of rotatable bonds is 4. The van der Waals surface area contributed by atoms with Gasteiger partial charge in [0.1, 0.15) is 5.82 Å². The van der Waals surface area contributed by atoms with Crippen LogP contribution in [0.1, 0.15) is 30.7 Å². The van der Waals surface area contributed by atoms with Gasteiger partial charge in [-0.15, -0.1) is 10.2 Å². The van der Waals surface area contributed by atoms with Gasteiger partial charge < -0.3 is 9.88 Å². The number of para-hydroxylation sites is 1. The molecule has 3 aromatic rings. The summed E-state index contributed by atoms with van der Waals surface area (Å²) in [5.41, 5.74) is 2.19. The molecule has 0 unspecified atom stereocenters. The first-order valence-electron chi connectivity index (χ1n) is 9.37. The van der Waals surface area contributed by atoms with E-state index in [9.17, 15) is 4.79 Å². The lowest BCUT2D eigenvalue weighted by atomic mass is 10.1. The molecule has 0 bridgehead atoms. The lowest BCUT2D eigenvalue weighted by Crippen LogP contribution is -2.16. The second-order valence-corrected chi connectivity index (χ2v) is 7.69. The van der Waals surface area contributed by atoms with E-state index >= 15 is 0 Å². The lowest BCUT2D eigenvalue weighted by molar-refractivity contribution is -0.115. The number of aromatic nitrogens is 3.